The smallest absolute Gasteiger partial charge is 0.294 e. The zero-order valence-corrected chi connectivity index (χ0v) is 21.5. The zero-order valence-electron chi connectivity index (χ0n) is 20.7. The molecule has 0 spiro atoms. The molecule has 2 aromatic heterocycles. The lowest BCUT2D eigenvalue weighted by Gasteiger charge is -2.11. The summed E-state index contributed by atoms with van der Waals surface area (Å²) in [4.78, 5) is 16.1. The highest BCUT2D eigenvalue weighted by Gasteiger charge is 2.16. The van der Waals surface area contributed by atoms with Gasteiger partial charge in [0.15, 0.2) is 17.3 Å². The number of furan rings is 1. The van der Waals surface area contributed by atoms with E-state index in [0.717, 1.165) is 11.0 Å². The van der Waals surface area contributed by atoms with E-state index < -0.39 is 4.92 Å². The molecule has 5 rings (SSSR count). The second-order valence-corrected chi connectivity index (χ2v) is 8.75. The van der Waals surface area contributed by atoms with Crippen molar-refractivity contribution < 1.29 is 23.6 Å². The first-order valence-corrected chi connectivity index (χ1v) is 12.2. The number of hydrogen-bond acceptors (Lipinski definition) is 9. The van der Waals surface area contributed by atoms with Gasteiger partial charge in [0.1, 0.15) is 22.7 Å². The minimum Gasteiger partial charge on any atom is -0.496 e. The summed E-state index contributed by atoms with van der Waals surface area (Å²) >= 11 is 1.28. The van der Waals surface area contributed by atoms with Crippen LogP contribution in [0.3, 0.4) is 0 Å². The molecule has 11 heteroatoms. The lowest BCUT2D eigenvalue weighted by atomic mass is 10.2. The van der Waals surface area contributed by atoms with Crippen LogP contribution in [0.4, 0.5) is 11.4 Å². The molecular weight excluding hydrogens is 508 g/mol. The van der Waals surface area contributed by atoms with Crippen LogP contribution in [0.2, 0.25) is 0 Å². The number of rotatable bonds is 8. The summed E-state index contributed by atoms with van der Waals surface area (Å²) in [7, 11) is 4.64. The molecule has 0 atom stereocenters. The van der Waals surface area contributed by atoms with Gasteiger partial charge in [-0.3, -0.25) is 10.1 Å². The molecule has 192 valence electrons. The van der Waals surface area contributed by atoms with Crippen molar-refractivity contribution >= 4 is 39.9 Å². The highest BCUT2D eigenvalue weighted by molar-refractivity contribution is 7.07. The molecule has 38 heavy (non-hydrogen) atoms. The maximum Gasteiger partial charge on any atom is 0.294 e. The first-order chi connectivity index (χ1) is 18.5. The number of benzene rings is 3. The van der Waals surface area contributed by atoms with Crippen molar-refractivity contribution in [3.8, 4) is 28.7 Å². The van der Waals surface area contributed by atoms with E-state index >= 15 is 0 Å². The molecule has 0 radical (unpaired) electrons. The highest BCUT2D eigenvalue weighted by Crippen LogP contribution is 2.34. The van der Waals surface area contributed by atoms with Crippen LogP contribution in [0.5, 0.6) is 17.2 Å². The number of nitrogens with zero attached hydrogens (tertiary/aromatic N) is 4. The Morgan fingerprint density at radius 2 is 1.66 bits per heavy atom. The third kappa shape index (κ3) is 4.74. The predicted octanol–water partition coefficient (Wildman–Crippen LogP) is 6.01. The van der Waals surface area contributed by atoms with E-state index in [0.29, 0.717) is 39.1 Å². The monoisotopic (exact) mass is 530 g/mol. The summed E-state index contributed by atoms with van der Waals surface area (Å²) in [6, 6.07) is 19.3. The van der Waals surface area contributed by atoms with Gasteiger partial charge < -0.3 is 18.6 Å². The number of para-hydroxylation sites is 3. The van der Waals surface area contributed by atoms with Crippen molar-refractivity contribution in [2.45, 2.75) is 0 Å². The van der Waals surface area contributed by atoms with Gasteiger partial charge in [0.2, 0.25) is 4.80 Å². The maximum atomic E-state index is 11.6. The molecular formula is C27H22N4O6S. The zero-order chi connectivity index (χ0) is 26.6. The van der Waals surface area contributed by atoms with Crippen LogP contribution in [0.15, 0.2) is 86.6 Å². The average molecular weight is 531 g/mol. The number of ether oxygens (including phenoxy) is 3. The molecule has 10 nitrogen and oxygen atoms in total. The van der Waals surface area contributed by atoms with Gasteiger partial charge >= 0.3 is 0 Å². The minimum absolute atomic E-state index is 0.108. The molecule has 2 heterocycles. The van der Waals surface area contributed by atoms with Crippen molar-refractivity contribution in [2.75, 3.05) is 21.3 Å². The van der Waals surface area contributed by atoms with Gasteiger partial charge in [0, 0.05) is 28.5 Å². The Hall–Kier alpha value is -4.90. The number of aromatic nitrogens is 1. The van der Waals surface area contributed by atoms with Crippen LogP contribution in [-0.4, -0.2) is 37.1 Å². The quantitative estimate of drug-likeness (QED) is 0.138. The second kappa shape index (κ2) is 10.6. The van der Waals surface area contributed by atoms with Gasteiger partial charge in [-0.05, 0) is 24.3 Å². The molecule has 0 amide bonds. The Labute approximate surface area is 220 Å². The molecule has 0 N–H and O–H groups in total. The molecule has 0 fully saturated rings. The SMILES string of the molecule is COc1cc(OC)c(OC)cc1C=Nn1c(-c2cc3ccccc3o2)csc1=Nc1ccccc1[N+](=O)[O-]. The Bertz CT molecular complexity index is 1700. The third-order valence-corrected chi connectivity index (χ3v) is 6.52. The van der Waals surface area contributed by atoms with Gasteiger partial charge in [0.25, 0.3) is 5.69 Å². The van der Waals surface area contributed by atoms with Gasteiger partial charge in [0.05, 0.1) is 32.5 Å². The van der Waals surface area contributed by atoms with E-state index in [9.17, 15) is 10.1 Å². The average Bonchev–Trinajstić information content (AvgIpc) is 3.55. The van der Waals surface area contributed by atoms with Crippen LogP contribution in [0.25, 0.3) is 22.4 Å². The molecule has 0 unspecified atom stereocenters. The van der Waals surface area contributed by atoms with Gasteiger partial charge in [-0.25, -0.2) is 9.67 Å². The van der Waals surface area contributed by atoms with Crippen molar-refractivity contribution in [3.05, 3.63) is 92.6 Å². The summed E-state index contributed by atoms with van der Waals surface area (Å²) in [5.74, 6) is 2.11. The first-order valence-electron chi connectivity index (χ1n) is 11.3. The molecule has 5 aromatic rings. The molecule has 0 aliphatic rings. The normalized spacial score (nSPS) is 11.8. The van der Waals surface area contributed by atoms with Crippen LogP contribution in [-0.2, 0) is 0 Å². The Morgan fingerprint density at radius 3 is 2.39 bits per heavy atom. The topological polar surface area (TPSA) is 114 Å². The molecule has 0 saturated carbocycles. The van der Waals surface area contributed by atoms with Crippen molar-refractivity contribution in [2.24, 2.45) is 10.1 Å². The first kappa shape index (κ1) is 24.8. The largest absolute Gasteiger partial charge is 0.496 e. The van der Waals surface area contributed by atoms with E-state index in [1.807, 2.05) is 35.7 Å². The number of nitro benzene ring substituents is 1. The fourth-order valence-corrected chi connectivity index (χ4v) is 4.69. The second-order valence-electron chi connectivity index (χ2n) is 7.92. The summed E-state index contributed by atoms with van der Waals surface area (Å²) in [6.07, 6.45) is 1.60. The van der Waals surface area contributed by atoms with Crippen molar-refractivity contribution in [1.29, 1.82) is 0 Å². The van der Waals surface area contributed by atoms with Gasteiger partial charge in [-0.1, -0.05) is 30.3 Å². The van der Waals surface area contributed by atoms with Crippen LogP contribution in [0, 0.1) is 10.1 Å². The summed E-state index contributed by atoms with van der Waals surface area (Å²) in [6.45, 7) is 0. The fraction of sp³-hybridized carbons (Fsp3) is 0.111. The van der Waals surface area contributed by atoms with E-state index in [1.54, 1.807) is 62.6 Å². The van der Waals surface area contributed by atoms with E-state index in [2.05, 4.69) is 4.99 Å². The number of thiazole rings is 1. The minimum atomic E-state index is -0.464. The Morgan fingerprint density at radius 1 is 0.947 bits per heavy atom. The third-order valence-electron chi connectivity index (χ3n) is 5.71. The maximum absolute atomic E-state index is 11.6. The molecule has 0 saturated heterocycles. The number of nitro groups is 1. The molecule has 0 aliphatic carbocycles. The lowest BCUT2D eigenvalue weighted by Crippen LogP contribution is -2.11. The van der Waals surface area contributed by atoms with E-state index in [4.69, 9.17) is 23.7 Å². The number of methoxy groups -OCH3 is 3. The van der Waals surface area contributed by atoms with Gasteiger partial charge in [-0.2, -0.15) is 5.10 Å². The molecule has 0 aliphatic heterocycles. The van der Waals surface area contributed by atoms with Gasteiger partial charge in [-0.15, -0.1) is 11.3 Å². The van der Waals surface area contributed by atoms with E-state index in [1.165, 1.54) is 17.4 Å². The fourth-order valence-electron chi connectivity index (χ4n) is 3.86. The standard InChI is InChI=1S/C27H22N4O6S/c1-34-23-14-26(36-3)25(35-2)13-18(23)15-28-30-21(24-12-17-8-4-7-11-22(17)37-24)16-38-27(30)29-19-9-5-6-10-20(19)31(32)33/h4-16H,1-3H3. The Balaban J connectivity index is 1.70. The summed E-state index contributed by atoms with van der Waals surface area (Å²) in [5.41, 5.74) is 2.07. The van der Waals surface area contributed by atoms with Crippen molar-refractivity contribution in [1.82, 2.24) is 4.68 Å². The highest BCUT2D eigenvalue weighted by atomic mass is 32.1. The van der Waals surface area contributed by atoms with Crippen LogP contribution in [0.1, 0.15) is 5.56 Å². The summed E-state index contributed by atoms with van der Waals surface area (Å²) < 4.78 is 24.0. The van der Waals surface area contributed by atoms with Crippen molar-refractivity contribution in [3.63, 3.8) is 0 Å². The van der Waals surface area contributed by atoms with Crippen LogP contribution < -0.4 is 19.0 Å². The molecule has 3 aromatic carbocycles. The van der Waals surface area contributed by atoms with Crippen LogP contribution >= 0.6 is 11.3 Å². The lowest BCUT2D eigenvalue weighted by molar-refractivity contribution is -0.384. The Kier molecular flexibility index (Phi) is 6.92. The predicted molar refractivity (Wildman–Crippen MR) is 145 cm³/mol. The van der Waals surface area contributed by atoms with E-state index in [-0.39, 0.29) is 11.4 Å². The number of fused-ring (bicyclic) bond motifs is 1. The molecule has 0 bridgehead atoms. The summed E-state index contributed by atoms with van der Waals surface area (Å²) in [5, 5.41) is 19.0. The number of hydrogen-bond donors (Lipinski definition) is 0.